The Hall–Kier alpha value is -3.05. The highest BCUT2D eigenvalue weighted by Crippen LogP contribution is 2.38. The van der Waals surface area contributed by atoms with Gasteiger partial charge in [-0.25, -0.2) is 9.78 Å². The van der Waals surface area contributed by atoms with E-state index in [1.807, 2.05) is 0 Å². The molecule has 1 saturated heterocycles. The monoisotopic (exact) mass is 388 g/mol. The van der Waals surface area contributed by atoms with Gasteiger partial charge in [0.05, 0.1) is 25.2 Å². The lowest BCUT2D eigenvalue weighted by Gasteiger charge is -2.40. The summed E-state index contributed by atoms with van der Waals surface area (Å²) >= 11 is 0. The van der Waals surface area contributed by atoms with Crippen LogP contribution in [-0.4, -0.2) is 67.4 Å². The molecule has 0 radical (unpaired) electrons. The lowest BCUT2D eigenvalue weighted by atomic mass is 9.70. The van der Waals surface area contributed by atoms with Gasteiger partial charge in [0, 0.05) is 12.4 Å². The number of fused-ring (bicyclic) bond motifs is 1. The molecule has 3 N–H and O–H groups in total. The number of hydrogen-bond donors (Lipinski definition) is 3. The fourth-order valence-corrected chi connectivity index (χ4v) is 3.36. The Morgan fingerprint density at radius 3 is 2.79 bits per heavy atom. The molecule has 1 aromatic heterocycles. The van der Waals surface area contributed by atoms with Crippen LogP contribution in [0.5, 0.6) is 11.5 Å². The molecule has 0 bridgehead atoms. The smallest absolute Gasteiger partial charge is 0.430 e. The van der Waals surface area contributed by atoms with E-state index in [9.17, 15) is 24.7 Å². The number of imidazole rings is 1. The van der Waals surface area contributed by atoms with Crippen LogP contribution in [0, 0.1) is 0 Å². The van der Waals surface area contributed by atoms with E-state index in [0.29, 0.717) is 25.1 Å². The van der Waals surface area contributed by atoms with Crippen LogP contribution in [0.25, 0.3) is 0 Å². The van der Waals surface area contributed by atoms with Gasteiger partial charge in [-0.15, -0.1) is 0 Å². The van der Waals surface area contributed by atoms with Crippen LogP contribution in [0.1, 0.15) is 15.9 Å². The maximum Gasteiger partial charge on any atom is 0.430 e. The zero-order valence-electron chi connectivity index (χ0n) is 14.9. The number of nitrogens with zero attached hydrogens (tertiary/aromatic N) is 3. The minimum atomic E-state index is -3.09. The average Bonchev–Trinajstić information content (AvgIpc) is 3.08. The van der Waals surface area contributed by atoms with Crippen molar-refractivity contribution in [1.82, 2.24) is 14.5 Å². The van der Waals surface area contributed by atoms with Crippen LogP contribution < -0.4 is 9.39 Å². The Morgan fingerprint density at radius 1 is 1.32 bits per heavy atom. The highest BCUT2D eigenvalue weighted by atomic mass is 16.6. The first-order valence-corrected chi connectivity index (χ1v) is 8.91. The normalized spacial score (nSPS) is 18.0. The second kappa shape index (κ2) is 6.84. The number of likely N-dealkylation sites (tertiary alicyclic amines) is 1. The minimum absolute atomic E-state index is 0.00285. The summed E-state index contributed by atoms with van der Waals surface area (Å²) in [5.41, 5.74) is 0.339. The number of carbonyl (C=O) groups is 2. The summed E-state index contributed by atoms with van der Waals surface area (Å²) < 4.78 is 12.6. The van der Waals surface area contributed by atoms with Gasteiger partial charge in [0.15, 0.2) is 0 Å². The quantitative estimate of drug-likeness (QED) is 0.596. The standard InChI is InChI=1S/C17H19BN3O7/c22-14(9-20-6-5-19-10-20)21-7-12(8-21)27-13-2-1-11-3-4-18(25,26)28-16(11)15(13)17(23)24/h1-2,5-6,10,12,25-26H,3-4,7-9H2,(H,23,24)/q-1. The molecule has 10 nitrogen and oxygen atoms in total. The number of carboxylic acid groups (broad SMARTS) is 1. The van der Waals surface area contributed by atoms with E-state index in [-0.39, 0.29) is 41.9 Å². The van der Waals surface area contributed by atoms with Gasteiger partial charge in [-0.1, -0.05) is 12.4 Å². The van der Waals surface area contributed by atoms with Crippen LogP contribution in [0.15, 0.2) is 30.9 Å². The molecule has 2 aliphatic rings. The van der Waals surface area contributed by atoms with Crippen LogP contribution >= 0.6 is 0 Å². The van der Waals surface area contributed by atoms with Crippen molar-refractivity contribution in [3.05, 3.63) is 42.0 Å². The molecule has 11 heteroatoms. The van der Waals surface area contributed by atoms with Crippen LogP contribution in [-0.2, 0) is 17.8 Å². The molecule has 1 amide bonds. The molecular weight excluding hydrogens is 369 g/mol. The number of rotatable bonds is 5. The van der Waals surface area contributed by atoms with E-state index in [2.05, 4.69) is 4.98 Å². The largest absolute Gasteiger partial charge is 0.669 e. The molecule has 0 aliphatic carbocycles. The molecule has 1 fully saturated rings. The summed E-state index contributed by atoms with van der Waals surface area (Å²) in [5, 5.41) is 29.1. The highest BCUT2D eigenvalue weighted by Gasteiger charge is 2.36. The molecule has 0 saturated carbocycles. The zero-order chi connectivity index (χ0) is 19.9. The third-order valence-electron chi connectivity index (χ3n) is 4.88. The maximum atomic E-state index is 12.2. The molecule has 1 aromatic carbocycles. The summed E-state index contributed by atoms with van der Waals surface area (Å²) in [5.74, 6) is -1.37. The molecular formula is C17H19BN3O7-. The molecule has 0 unspecified atom stereocenters. The summed E-state index contributed by atoms with van der Waals surface area (Å²) in [6.45, 7) is -2.25. The third-order valence-corrected chi connectivity index (χ3v) is 4.88. The van der Waals surface area contributed by atoms with Crippen LogP contribution in [0.2, 0.25) is 6.32 Å². The number of aromatic nitrogens is 2. The van der Waals surface area contributed by atoms with Crippen molar-refractivity contribution in [2.75, 3.05) is 13.1 Å². The number of carboxylic acids is 1. The fourth-order valence-electron chi connectivity index (χ4n) is 3.36. The number of amides is 1. The van der Waals surface area contributed by atoms with Crippen LogP contribution in [0.3, 0.4) is 0 Å². The second-order valence-corrected chi connectivity index (χ2v) is 7.02. The number of carbonyl (C=O) groups excluding carboxylic acids is 1. The molecule has 0 spiro atoms. The summed E-state index contributed by atoms with van der Waals surface area (Å²) in [6.07, 6.45) is 4.79. The second-order valence-electron chi connectivity index (χ2n) is 7.02. The van der Waals surface area contributed by atoms with E-state index in [1.165, 1.54) is 6.07 Å². The van der Waals surface area contributed by atoms with Crippen molar-refractivity contribution < 1.29 is 34.1 Å². The predicted molar refractivity (Wildman–Crippen MR) is 96.0 cm³/mol. The van der Waals surface area contributed by atoms with E-state index in [4.69, 9.17) is 9.39 Å². The number of benzene rings is 1. The fraction of sp³-hybridized carbons (Fsp3) is 0.353. The summed E-state index contributed by atoms with van der Waals surface area (Å²) in [6, 6.07) is 3.19. The van der Waals surface area contributed by atoms with Crippen molar-refractivity contribution >= 4 is 18.6 Å². The Labute approximate surface area is 159 Å². The maximum absolute atomic E-state index is 12.2. The molecule has 2 aliphatic heterocycles. The first kappa shape index (κ1) is 18.3. The van der Waals surface area contributed by atoms with Gasteiger partial charge >= 0.3 is 12.7 Å². The van der Waals surface area contributed by atoms with E-state index in [1.54, 1.807) is 34.3 Å². The number of hydrogen-bond acceptors (Lipinski definition) is 7. The van der Waals surface area contributed by atoms with Crippen molar-refractivity contribution in [2.45, 2.75) is 25.4 Å². The topological polar surface area (TPSA) is 134 Å². The van der Waals surface area contributed by atoms with Gasteiger partial charge in [0.25, 0.3) is 0 Å². The van der Waals surface area contributed by atoms with Gasteiger partial charge in [-0.05, 0) is 18.1 Å². The van der Waals surface area contributed by atoms with Crippen LogP contribution in [0.4, 0.5) is 0 Å². The predicted octanol–water partition coefficient (Wildman–Crippen LogP) is -0.271. The molecule has 2 aromatic rings. The molecule has 0 atom stereocenters. The lowest BCUT2D eigenvalue weighted by Crippen LogP contribution is -2.57. The minimum Gasteiger partial charge on any atom is -0.669 e. The Bertz CT molecular complexity index is 910. The zero-order valence-corrected chi connectivity index (χ0v) is 14.9. The van der Waals surface area contributed by atoms with Crippen molar-refractivity contribution in [3.8, 4) is 11.5 Å². The highest BCUT2D eigenvalue weighted by molar-refractivity contribution is 6.59. The van der Waals surface area contributed by atoms with Crippen molar-refractivity contribution in [2.24, 2.45) is 0 Å². The van der Waals surface area contributed by atoms with E-state index >= 15 is 0 Å². The average molecular weight is 388 g/mol. The Balaban J connectivity index is 1.45. The van der Waals surface area contributed by atoms with Crippen molar-refractivity contribution in [3.63, 3.8) is 0 Å². The Kier molecular flexibility index (Phi) is 4.48. The van der Waals surface area contributed by atoms with Crippen molar-refractivity contribution in [1.29, 1.82) is 0 Å². The Morgan fingerprint density at radius 2 is 2.11 bits per heavy atom. The first-order chi connectivity index (χ1) is 13.3. The molecule has 4 rings (SSSR count). The third kappa shape index (κ3) is 3.53. The van der Waals surface area contributed by atoms with Gasteiger partial charge in [-0.2, -0.15) is 0 Å². The molecule has 28 heavy (non-hydrogen) atoms. The number of aromatic carboxylic acids is 1. The van der Waals surface area contributed by atoms with E-state index in [0.717, 1.165) is 0 Å². The van der Waals surface area contributed by atoms with Gasteiger partial charge in [-0.3, -0.25) is 4.79 Å². The van der Waals surface area contributed by atoms with Gasteiger partial charge in [0.1, 0.15) is 24.0 Å². The van der Waals surface area contributed by atoms with E-state index < -0.39 is 12.7 Å². The summed E-state index contributed by atoms with van der Waals surface area (Å²) in [4.78, 5) is 29.4. The van der Waals surface area contributed by atoms with Gasteiger partial charge < -0.3 is 34.0 Å². The lowest BCUT2D eigenvalue weighted by molar-refractivity contribution is -0.140. The first-order valence-electron chi connectivity index (χ1n) is 8.91. The number of ether oxygens (including phenoxy) is 1. The number of aryl methyl sites for hydroxylation is 1. The summed E-state index contributed by atoms with van der Waals surface area (Å²) in [7, 11) is 0. The SMILES string of the molecule is O=C(O)c1c(OC2CN(C(=O)Cn3ccnc3)C2)ccc2c1O[B-](O)(O)CC2. The molecule has 3 heterocycles. The molecule has 148 valence electrons. The van der Waals surface area contributed by atoms with Gasteiger partial charge in [0.2, 0.25) is 5.91 Å².